The second-order valence-electron chi connectivity index (χ2n) is 4.11. The molecule has 2 aromatic rings. The predicted octanol–water partition coefficient (Wildman–Crippen LogP) is 2.58. The number of aliphatic hydroxyl groups is 1. The molecule has 0 aliphatic rings. The van der Waals surface area contributed by atoms with Crippen LogP contribution in [0.1, 0.15) is 16.0 Å². The van der Waals surface area contributed by atoms with Crippen LogP contribution in [0, 0.1) is 6.92 Å². The third-order valence-electron chi connectivity index (χ3n) is 2.53. The monoisotopic (exact) mass is 248 g/mol. The van der Waals surface area contributed by atoms with E-state index >= 15 is 0 Å². The van der Waals surface area contributed by atoms with Crippen molar-refractivity contribution in [3.8, 4) is 0 Å². The number of rotatable bonds is 4. The lowest BCUT2D eigenvalue weighted by Gasteiger charge is -2.15. The van der Waals surface area contributed by atoms with E-state index in [0.717, 1.165) is 16.6 Å². The Morgan fingerprint density at radius 3 is 2.88 bits per heavy atom. The summed E-state index contributed by atoms with van der Waals surface area (Å²) in [7, 11) is 2.02. The molecule has 0 aliphatic carbocycles. The van der Waals surface area contributed by atoms with Crippen LogP contribution in [0.25, 0.3) is 0 Å². The number of hydrogen-bond acceptors (Lipinski definition) is 4. The summed E-state index contributed by atoms with van der Waals surface area (Å²) in [6.07, 6.45) is 1.73. The Bertz CT molecular complexity index is 496. The minimum Gasteiger partial charge on any atom is -0.391 e. The Balaban J connectivity index is 2.08. The third kappa shape index (κ3) is 3.05. The zero-order valence-electron chi connectivity index (χ0n) is 10.1. The number of aromatic nitrogens is 1. The average Bonchev–Trinajstić information content (AvgIpc) is 2.77. The molecule has 1 heterocycles. The van der Waals surface area contributed by atoms with Crippen molar-refractivity contribution in [2.24, 2.45) is 0 Å². The molecule has 0 saturated carbocycles. The molecule has 0 fully saturated rings. The molecule has 0 amide bonds. The molecule has 0 bridgehead atoms. The van der Waals surface area contributed by atoms with E-state index in [0.29, 0.717) is 0 Å². The van der Waals surface area contributed by atoms with E-state index in [1.54, 1.807) is 6.20 Å². The molecule has 3 nitrogen and oxygen atoms in total. The van der Waals surface area contributed by atoms with Crippen LogP contribution in [-0.2, 0) is 13.2 Å². The van der Waals surface area contributed by atoms with Gasteiger partial charge in [-0.1, -0.05) is 41.2 Å². The minimum atomic E-state index is 0.0654. The Kier molecular flexibility index (Phi) is 3.76. The van der Waals surface area contributed by atoms with Crippen LogP contribution < -0.4 is 4.90 Å². The number of aliphatic hydroxyl groups excluding tert-OH is 1. The second kappa shape index (κ2) is 5.29. The lowest BCUT2D eigenvalue weighted by Crippen LogP contribution is -2.15. The Hall–Kier alpha value is -1.39. The predicted molar refractivity (Wildman–Crippen MR) is 71.3 cm³/mol. The largest absolute Gasteiger partial charge is 0.391 e. The van der Waals surface area contributed by atoms with E-state index in [-0.39, 0.29) is 6.61 Å². The van der Waals surface area contributed by atoms with Crippen molar-refractivity contribution in [2.45, 2.75) is 20.1 Å². The molecule has 17 heavy (non-hydrogen) atoms. The van der Waals surface area contributed by atoms with Gasteiger partial charge < -0.3 is 10.0 Å². The van der Waals surface area contributed by atoms with E-state index in [1.807, 2.05) is 7.05 Å². The van der Waals surface area contributed by atoms with Gasteiger partial charge in [-0.25, -0.2) is 4.98 Å². The minimum absolute atomic E-state index is 0.0654. The van der Waals surface area contributed by atoms with Gasteiger partial charge in [0.15, 0.2) is 5.13 Å². The first kappa shape index (κ1) is 12.1. The molecule has 90 valence electrons. The van der Waals surface area contributed by atoms with Gasteiger partial charge in [0.2, 0.25) is 0 Å². The number of hydrogen-bond donors (Lipinski definition) is 1. The van der Waals surface area contributed by atoms with Crippen molar-refractivity contribution in [1.29, 1.82) is 0 Å². The van der Waals surface area contributed by atoms with Crippen LogP contribution in [0.15, 0.2) is 30.5 Å². The first-order valence-corrected chi connectivity index (χ1v) is 6.33. The van der Waals surface area contributed by atoms with Crippen LogP contribution >= 0.6 is 11.3 Å². The van der Waals surface area contributed by atoms with E-state index in [9.17, 15) is 0 Å². The highest BCUT2D eigenvalue weighted by atomic mass is 32.1. The maximum atomic E-state index is 9.01. The summed E-state index contributed by atoms with van der Waals surface area (Å²) >= 11 is 1.53. The summed E-state index contributed by atoms with van der Waals surface area (Å²) in [6.45, 7) is 2.99. The number of aryl methyl sites for hydroxylation is 1. The van der Waals surface area contributed by atoms with E-state index in [1.165, 1.54) is 22.5 Å². The lowest BCUT2D eigenvalue weighted by molar-refractivity contribution is 0.285. The average molecular weight is 248 g/mol. The highest BCUT2D eigenvalue weighted by Crippen LogP contribution is 2.22. The quantitative estimate of drug-likeness (QED) is 0.903. The van der Waals surface area contributed by atoms with Crippen LogP contribution in [-0.4, -0.2) is 17.1 Å². The van der Waals surface area contributed by atoms with Crippen LogP contribution in [0.4, 0.5) is 5.13 Å². The van der Waals surface area contributed by atoms with Gasteiger partial charge in [-0.15, -0.1) is 0 Å². The number of nitrogens with zero attached hydrogens (tertiary/aromatic N) is 2. The van der Waals surface area contributed by atoms with Gasteiger partial charge in [-0.05, 0) is 12.5 Å². The lowest BCUT2D eigenvalue weighted by atomic mass is 10.1. The Labute approximate surface area is 105 Å². The van der Waals surface area contributed by atoms with Crippen molar-refractivity contribution in [3.05, 3.63) is 46.5 Å². The standard InChI is InChI=1S/C13H16N2OS/c1-10-4-3-5-11(6-10)8-15(2)13-14-7-12(9-16)17-13/h3-7,16H,8-9H2,1-2H3. The SMILES string of the molecule is Cc1cccc(CN(C)c2ncc(CO)s2)c1. The number of benzene rings is 1. The molecule has 1 aromatic carbocycles. The van der Waals surface area contributed by atoms with Crippen LogP contribution in [0.3, 0.4) is 0 Å². The normalized spacial score (nSPS) is 10.5. The molecule has 4 heteroatoms. The molecule has 1 N–H and O–H groups in total. The van der Waals surface area contributed by atoms with Gasteiger partial charge in [-0.2, -0.15) is 0 Å². The summed E-state index contributed by atoms with van der Waals surface area (Å²) in [6, 6.07) is 8.46. The van der Waals surface area contributed by atoms with Gasteiger partial charge in [0.25, 0.3) is 0 Å². The summed E-state index contributed by atoms with van der Waals surface area (Å²) < 4.78 is 0. The van der Waals surface area contributed by atoms with Gasteiger partial charge in [0.1, 0.15) is 0 Å². The topological polar surface area (TPSA) is 36.4 Å². The van der Waals surface area contributed by atoms with Crippen LogP contribution in [0.2, 0.25) is 0 Å². The van der Waals surface area contributed by atoms with Gasteiger partial charge in [0, 0.05) is 19.8 Å². The molecule has 0 unspecified atom stereocenters. The summed E-state index contributed by atoms with van der Waals surface area (Å²) in [5.41, 5.74) is 2.54. The zero-order valence-corrected chi connectivity index (χ0v) is 10.9. The van der Waals surface area contributed by atoms with Gasteiger partial charge in [-0.3, -0.25) is 0 Å². The smallest absolute Gasteiger partial charge is 0.185 e. The van der Waals surface area contributed by atoms with E-state index in [4.69, 9.17) is 5.11 Å². The molecule has 0 aliphatic heterocycles. The maximum Gasteiger partial charge on any atom is 0.185 e. The van der Waals surface area contributed by atoms with E-state index in [2.05, 4.69) is 41.1 Å². The fourth-order valence-corrected chi connectivity index (χ4v) is 2.43. The van der Waals surface area contributed by atoms with E-state index < -0.39 is 0 Å². The summed E-state index contributed by atoms with van der Waals surface area (Å²) in [5.74, 6) is 0. The molecular weight excluding hydrogens is 232 g/mol. The van der Waals surface area contributed by atoms with Crippen molar-refractivity contribution >= 4 is 16.5 Å². The van der Waals surface area contributed by atoms with Crippen LogP contribution in [0.5, 0.6) is 0 Å². The molecule has 2 rings (SSSR count). The van der Waals surface area contributed by atoms with Gasteiger partial charge >= 0.3 is 0 Å². The molecular formula is C13H16N2OS. The van der Waals surface area contributed by atoms with Crippen molar-refractivity contribution < 1.29 is 5.11 Å². The highest BCUT2D eigenvalue weighted by Gasteiger charge is 2.07. The fraction of sp³-hybridized carbons (Fsp3) is 0.308. The number of thiazole rings is 1. The van der Waals surface area contributed by atoms with Crippen molar-refractivity contribution in [3.63, 3.8) is 0 Å². The van der Waals surface area contributed by atoms with Gasteiger partial charge in [0.05, 0.1) is 11.5 Å². The third-order valence-corrected chi connectivity index (χ3v) is 3.62. The molecule has 0 saturated heterocycles. The molecule has 0 spiro atoms. The molecule has 1 aromatic heterocycles. The first-order chi connectivity index (χ1) is 8.19. The number of anilines is 1. The Morgan fingerprint density at radius 2 is 2.24 bits per heavy atom. The Morgan fingerprint density at radius 1 is 1.41 bits per heavy atom. The van der Waals surface area contributed by atoms with Crippen molar-refractivity contribution in [2.75, 3.05) is 11.9 Å². The second-order valence-corrected chi connectivity index (χ2v) is 5.21. The fourth-order valence-electron chi connectivity index (χ4n) is 1.70. The summed E-state index contributed by atoms with van der Waals surface area (Å²) in [5, 5.41) is 9.95. The maximum absolute atomic E-state index is 9.01. The molecule has 0 atom stereocenters. The molecule has 0 radical (unpaired) electrons. The first-order valence-electron chi connectivity index (χ1n) is 5.51. The highest BCUT2D eigenvalue weighted by molar-refractivity contribution is 7.15. The summed E-state index contributed by atoms with van der Waals surface area (Å²) in [4.78, 5) is 7.28. The zero-order chi connectivity index (χ0) is 12.3. The van der Waals surface area contributed by atoms with Crippen molar-refractivity contribution in [1.82, 2.24) is 4.98 Å².